The molecule has 0 radical (unpaired) electrons. The summed E-state index contributed by atoms with van der Waals surface area (Å²) in [7, 11) is 1.67. The van der Waals surface area contributed by atoms with Crippen LogP contribution in [0.15, 0.2) is 48.5 Å². The molecule has 4 rings (SSSR count). The average molecular weight is 370 g/mol. The molecule has 3 nitrogen and oxygen atoms in total. The lowest BCUT2D eigenvalue weighted by molar-refractivity contribution is -0.958. The van der Waals surface area contributed by atoms with Gasteiger partial charge in [0.15, 0.2) is 0 Å². The number of aliphatic hydroxyl groups is 1. The first-order valence-electron chi connectivity index (χ1n) is 10.0. The van der Waals surface area contributed by atoms with Crippen molar-refractivity contribution < 1.29 is 19.1 Å². The molecular formula is C23H29FNO2+. The van der Waals surface area contributed by atoms with Crippen LogP contribution in [-0.2, 0) is 6.54 Å². The maximum atomic E-state index is 14.3. The maximum Gasteiger partial charge on any atom is 0.132 e. The van der Waals surface area contributed by atoms with Crippen LogP contribution < -0.4 is 9.64 Å². The summed E-state index contributed by atoms with van der Waals surface area (Å²) in [4.78, 5) is 1.35. The van der Waals surface area contributed by atoms with E-state index in [1.807, 2.05) is 24.3 Å². The van der Waals surface area contributed by atoms with Gasteiger partial charge in [-0.1, -0.05) is 31.0 Å². The topological polar surface area (TPSA) is 33.9 Å². The van der Waals surface area contributed by atoms with Crippen LogP contribution in [0.4, 0.5) is 4.39 Å². The smallest absolute Gasteiger partial charge is 0.132 e. The summed E-state index contributed by atoms with van der Waals surface area (Å²) in [5.41, 5.74) is 1.39. The standard InChI is InChI=1S/C23H28FNO2/c1-27-19-11-9-17(10-12-19)22-20-7-4-5-13-23(20,26)14-15-25(22)16-18-6-2-3-8-21(18)24/h2-3,6,8-12,20,22,26H,4-5,7,13-16H2,1H3/p+1/t20-,22+,23+/m1/s1. The minimum atomic E-state index is -0.582. The van der Waals surface area contributed by atoms with E-state index in [4.69, 9.17) is 4.74 Å². The molecule has 1 aliphatic carbocycles. The van der Waals surface area contributed by atoms with Gasteiger partial charge in [-0.3, -0.25) is 0 Å². The predicted molar refractivity (Wildman–Crippen MR) is 103 cm³/mol. The molecule has 2 aromatic rings. The van der Waals surface area contributed by atoms with Crippen LogP contribution in [0.25, 0.3) is 0 Å². The predicted octanol–water partition coefficient (Wildman–Crippen LogP) is 3.29. The first kappa shape index (κ1) is 18.5. The van der Waals surface area contributed by atoms with Gasteiger partial charge in [-0.25, -0.2) is 4.39 Å². The van der Waals surface area contributed by atoms with Crippen molar-refractivity contribution >= 4 is 0 Å². The number of nitrogens with one attached hydrogen (secondary N) is 1. The molecule has 4 heteroatoms. The van der Waals surface area contributed by atoms with Crippen molar-refractivity contribution in [1.29, 1.82) is 0 Å². The Labute approximate surface area is 160 Å². The van der Waals surface area contributed by atoms with Crippen LogP contribution in [0, 0.1) is 11.7 Å². The Morgan fingerprint density at radius 1 is 1.11 bits per heavy atom. The summed E-state index contributed by atoms with van der Waals surface area (Å²) in [6.07, 6.45) is 4.98. The van der Waals surface area contributed by atoms with E-state index in [0.29, 0.717) is 6.54 Å². The fourth-order valence-corrected chi connectivity index (χ4v) is 5.22. The summed E-state index contributed by atoms with van der Waals surface area (Å²) in [6, 6.07) is 15.5. The molecule has 1 aliphatic heterocycles. The molecule has 0 amide bonds. The number of fused-ring (bicyclic) bond motifs is 1. The summed E-state index contributed by atoms with van der Waals surface area (Å²) in [5, 5.41) is 11.3. The molecule has 27 heavy (non-hydrogen) atoms. The van der Waals surface area contributed by atoms with E-state index in [1.165, 1.54) is 16.5 Å². The van der Waals surface area contributed by atoms with Crippen molar-refractivity contribution in [3.8, 4) is 5.75 Å². The molecule has 1 heterocycles. The molecule has 0 spiro atoms. The number of benzene rings is 2. The number of methoxy groups -OCH3 is 1. The summed E-state index contributed by atoms with van der Waals surface area (Å²) >= 11 is 0. The van der Waals surface area contributed by atoms with E-state index in [1.54, 1.807) is 13.2 Å². The van der Waals surface area contributed by atoms with E-state index in [0.717, 1.165) is 50.0 Å². The molecular weight excluding hydrogens is 341 g/mol. The zero-order valence-electron chi connectivity index (χ0n) is 16.0. The van der Waals surface area contributed by atoms with Gasteiger partial charge in [0, 0.05) is 23.5 Å². The third-order valence-corrected chi connectivity index (χ3v) is 6.64. The lowest BCUT2D eigenvalue weighted by Gasteiger charge is -2.50. The fourth-order valence-electron chi connectivity index (χ4n) is 5.22. The highest BCUT2D eigenvalue weighted by molar-refractivity contribution is 5.29. The monoisotopic (exact) mass is 370 g/mol. The second kappa shape index (κ2) is 7.61. The number of ether oxygens (including phenoxy) is 1. The Bertz CT molecular complexity index is 778. The first-order chi connectivity index (χ1) is 13.1. The van der Waals surface area contributed by atoms with E-state index in [9.17, 15) is 9.50 Å². The third kappa shape index (κ3) is 3.61. The number of rotatable bonds is 4. The van der Waals surface area contributed by atoms with E-state index in [-0.39, 0.29) is 17.8 Å². The van der Waals surface area contributed by atoms with Crippen molar-refractivity contribution in [2.45, 2.75) is 50.3 Å². The average Bonchev–Trinajstić information content (AvgIpc) is 2.70. The molecule has 2 aromatic carbocycles. The lowest BCUT2D eigenvalue weighted by Crippen LogP contribution is -3.13. The van der Waals surface area contributed by atoms with Gasteiger partial charge in [0.25, 0.3) is 0 Å². The highest BCUT2D eigenvalue weighted by Gasteiger charge is 2.51. The Morgan fingerprint density at radius 3 is 2.63 bits per heavy atom. The van der Waals surface area contributed by atoms with Crippen LogP contribution in [0.2, 0.25) is 0 Å². The molecule has 2 fully saturated rings. The Hall–Kier alpha value is -1.91. The quantitative estimate of drug-likeness (QED) is 0.866. The lowest BCUT2D eigenvalue weighted by atomic mass is 9.66. The Balaban J connectivity index is 1.69. The molecule has 4 atom stereocenters. The van der Waals surface area contributed by atoms with Gasteiger partial charge < -0.3 is 14.7 Å². The minimum absolute atomic E-state index is 0.136. The van der Waals surface area contributed by atoms with Gasteiger partial charge in [0.1, 0.15) is 24.2 Å². The van der Waals surface area contributed by atoms with E-state index in [2.05, 4.69) is 12.1 Å². The fraction of sp³-hybridized carbons (Fsp3) is 0.478. The van der Waals surface area contributed by atoms with Crippen LogP contribution in [-0.4, -0.2) is 24.4 Å². The summed E-state index contributed by atoms with van der Waals surface area (Å²) in [6.45, 7) is 1.51. The molecule has 0 bridgehead atoms. The van der Waals surface area contributed by atoms with Crippen LogP contribution in [0.5, 0.6) is 5.75 Å². The molecule has 144 valence electrons. The summed E-state index contributed by atoms with van der Waals surface area (Å²) < 4.78 is 19.6. The van der Waals surface area contributed by atoms with Crippen LogP contribution in [0.1, 0.15) is 49.3 Å². The molecule has 1 saturated carbocycles. The number of halogens is 1. The van der Waals surface area contributed by atoms with Crippen molar-refractivity contribution in [2.24, 2.45) is 5.92 Å². The van der Waals surface area contributed by atoms with E-state index >= 15 is 0 Å². The molecule has 0 aromatic heterocycles. The third-order valence-electron chi connectivity index (χ3n) is 6.64. The van der Waals surface area contributed by atoms with Crippen molar-refractivity contribution in [3.63, 3.8) is 0 Å². The molecule has 2 N–H and O–H groups in total. The second-order valence-corrected chi connectivity index (χ2v) is 8.13. The van der Waals surface area contributed by atoms with Crippen LogP contribution in [0.3, 0.4) is 0 Å². The zero-order valence-corrected chi connectivity index (χ0v) is 16.0. The Morgan fingerprint density at radius 2 is 1.89 bits per heavy atom. The van der Waals surface area contributed by atoms with Crippen molar-refractivity contribution in [3.05, 3.63) is 65.5 Å². The van der Waals surface area contributed by atoms with Crippen molar-refractivity contribution in [1.82, 2.24) is 0 Å². The highest BCUT2D eigenvalue weighted by Crippen LogP contribution is 2.44. The number of hydrogen-bond acceptors (Lipinski definition) is 2. The van der Waals surface area contributed by atoms with Gasteiger partial charge in [-0.2, -0.15) is 0 Å². The van der Waals surface area contributed by atoms with Gasteiger partial charge in [0.2, 0.25) is 0 Å². The zero-order chi connectivity index (χ0) is 18.9. The van der Waals surface area contributed by atoms with Gasteiger partial charge in [0.05, 0.1) is 19.3 Å². The van der Waals surface area contributed by atoms with Gasteiger partial charge in [-0.15, -0.1) is 0 Å². The second-order valence-electron chi connectivity index (χ2n) is 8.13. The minimum Gasteiger partial charge on any atom is -0.497 e. The van der Waals surface area contributed by atoms with Gasteiger partial charge >= 0.3 is 0 Å². The van der Waals surface area contributed by atoms with Gasteiger partial charge in [-0.05, 0) is 43.2 Å². The number of quaternary nitrogens is 1. The molecule has 2 aliphatic rings. The van der Waals surface area contributed by atoms with Crippen molar-refractivity contribution in [2.75, 3.05) is 13.7 Å². The largest absolute Gasteiger partial charge is 0.497 e. The number of likely N-dealkylation sites (tertiary alicyclic amines) is 1. The highest BCUT2D eigenvalue weighted by atomic mass is 19.1. The normalized spacial score (nSPS) is 30.6. The van der Waals surface area contributed by atoms with E-state index < -0.39 is 5.60 Å². The maximum absolute atomic E-state index is 14.3. The molecule has 1 unspecified atom stereocenters. The Kier molecular flexibility index (Phi) is 5.20. The number of piperidine rings is 1. The first-order valence-corrected chi connectivity index (χ1v) is 10.0. The van der Waals surface area contributed by atoms with Crippen LogP contribution >= 0.6 is 0 Å². The summed E-state index contributed by atoms with van der Waals surface area (Å²) in [5.74, 6) is 0.919. The molecule has 1 saturated heterocycles. The SMILES string of the molecule is COc1ccc([C@H]2[C@H]3CCCC[C@]3(O)CC[NH+]2Cc2ccccc2F)cc1. The number of hydrogen-bond donors (Lipinski definition) is 2.